The van der Waals surface area contributed by atoms with Gasteiger partial charge in [-0.2, -0.15) is 0 Å². The summed E-state index contributed by atoms with van der Waals surface area (Å²) in [6.45, 7) is 11.9. The van der Waals surface area contributed by atoms with Gasteiger partial charge < -0.3 is 5.32 Å². The molecule has 1 aromatic rings. The molecule has 5 heteroatoms. The third-order valence-corrected chi connectivity index (χ3v) is 4.30. The largest absolute Gasteiger partial charge is 0.348 e. The first-order valence-corrected chi connectivity index (χ1v) is 8.10. The standard InChI is InChI=1S/C15H27N3OS/c1-7-11(18(6)8-2)14(19)16-9-13-17-12(10-20-13)15(3,4)5/h10-11H,7-9H2,1-6H3,(H,16,19). The summed E-state index contributed by atoms with van der Waals surface area (Å²) in [4.78, 5) is 18.8. The molecule has 1 rings (SSSR count). The van der Waals surface area contributed by atoms with Crippen molar-refractivity contribution in [3.05, 3.63) is 16.1 Å². The Morgan fingerprint density at radius 2 is 2.10 bits per heavy atom. The number of nitrogens with zero attached hydrogens (tertiary/aromatic N) is 2. The lowest BCUT2D eigenvalue weighted by Crippen LogP contribution is -2.44. The molecule has 4 nitrogen and oxygen atoms in total. The molecule has 0 aliphatic carbocycles. The van der Waals surface area contributed by atoms with E-state index in [2.05, 4.69) is 48.3 Å². The van der Waals surface area contributed by atoms with Crippen molar-refractivity contribution in [2.45, 2.75) is 59.0 Å². The summed E-state index contributed by atoms with van der Waals surface area (Å²) in [5.74, 6) is 0.0874. The van der Waals surface area contributed by atoms with E-state index in [1.165, 1.54) is 0 Å². The maximum Gasteiger partial charge on any atom is 0.237 e. The van der Waals surface area contributed by atoms with Gasteiger partial charge in [0.15, 0.2) is 0 Å². The van der Waals surface area contributed by atoms with Gasteiger partial charge >= 0.3 is 0 Å². The van der Waals surface area contributed by atoms with Gasteiger partial charge in [-0.1, -0.05) is 34.6 Å². The number of aromatic nitrogens is 1. The highest BCUT2D eigenvalue weighted by molar-refractivity contribution is 7.09. The first kappa shape index (κ1) is 17.1. The van der Waals surface area contributed by atoms with E-state index in [-0.39, 0.29) is 17.4 Å². The van der Waals surface area contributed by atoms with Gasteiger partial charge in [-0.15, -0.1) is 11.3 Å². The van der Waals surface area contributed by atoms with E-state index < -0.39 is 0 Å². The number of likely N-dealkylation sites (N-methyl/N-ethyl adjacent to an activating group) is 1. The van der Waals surface area contributed by atoms with Crippen molar-refractivity contribution in [1.82, 2.24) is 15.2 Å². The molecular weight excluding hydrogens is 270 g/mol. The Hall–Kier alpha value is -0.940. The molecule has 0 saturated carbocycles. The predicted octanol–water partition coefficient (Wildman–Crippen LogP) is 2.79. The van der Waals surface area contributed by atoms with E-state index in [9.17, 15) is 4.79 Å². The fourth-order valence-corrected chi connectivity index (χ4v) is 2.90. The second kappa shape index (κ2) is 7.18. The van der Waals surface area contributed by atoms with Gasteiger partial charge in [0.1, 0.15) is 5.01 Å². The number of hydrogen-bond acceptors (Lipinski definition) is 4. The molecule has 0 radical (unpaired) electrons. The van der Waals surface area contributed by atoms with Crippen LogP contribution >= 0.6 is 11.3 Å². The Labute approximate surface area is 126 Å². The molecule has 0 saturated heterocycles. The molecular formula is C15H27N3OS. The van der Waals surface area contributed by atoms with Gasteiger partial charge in [0.05, 0.1) is 18.3 Å². The van der Waals surface area contributed by atoms with Gasteiger partial charge in [-0.25, -0.2) is 4.98 Å². The quantitative estimate of drug-likeness (QED) is 0.878. The minimum atomic E-state index is -0.0537. The molecule has 1 N–H and O–H groups in total. The Bertz CT molecular complexity index is 437. The van der Waals surface area contributed by atoms with E-state index in [0.29, 0.717) is 6.54 Å². The number of thiazole rings is 1. The normalized spacial score (nSPS) is 13.6. The topological polar surface area (TPSA) is 45.2 Å². The molecule has 1 heterocycles. The molecule has 114 valence electrons. The second-order valence-electron chi connectivity index (χ2n) is 6.09. The second-order valence-corrected chi connectivity index (χ2v) is 7.03. The molecule has 0 spiro atoms. The summed E-state index contributed by atoms with van der Waals surface area (Å²) < 4.78 is 0. The van der Waals surface area contributed by atoms with Gasteiger partial charge in [0.2, 0.25) is 5.91 Å². The van der Waals surface area contributed by atoms with Crippen LogP contribution in [0.5, 0.6) is 0 Å². The minimum absolute atomic E-state index is 0.0537. The van der Waals surface area contributed by atoms with Crippen molar-refractivity contribution in [1.29, 1.82) is 0 Å². The third-order valence-electron chi connectivity index (χ3n) is 3.45. The SMILES string of the molecule is CCC(C(=O)NCc1nc(C(C)(C)C)cs1)N(C)CC. The molecule has 0 aliphatic heterocycles. The molecule has 0 fully saturated rings. The average molecular weight is 297 g/mol. The third kappa shape index (κ3) is 4.56. The lowest BCUT2D eigenvalue weighted by atomic mass is 9.93. The van der Waals surface area contributed by atoms with E-state index in [4.69, 9.17) is 0 Å². The van der Waals surface area contributed by atoms with Crippen LogP contribution in [0, 0.1) is 0 Å². The van der Waals surface area contributed by atoms with Crippen molar-refractivity contribution < 1.29 is 4.79 Å². The van der Waals surface area contributed by atoms with Gasteiger partial charge in [0.25, 0.3) is 0 Å². The maximum absolute atomic E-state index is 12.2. The van der Waals surface area contributed by atoms with Crippen LogP contribution in [0.25, 0.3) is 0 Å². The van der Waals surface area contributed by atoms with E-state index in [1.807, 2.05) is 14.0 Å². The van der Waals surface area contributed by atoms with Gasteiger partial charge in [0, 0.05) is 10.8 Å². The van der Waals surface area contributed by atoms with Crippen LogP contribution in [-0.2, 0) is 16.8 Å². The van der Waals surface area contributed by atoms with Crippen molar-refractivity contribution in [3.63, 3.8) is 0 Å². The number of rotatable bonds is 6. The average Bonchev–Trinajstić information content (AvgIpc) is 2.85. The van der Waals surface area contributed by atoms with Crippen LogP contribution in [0.4, 0.5) is 0 Å². The number of nitrogens with one attached hydrogen (secondary N) is 1. The Balaban J connectivity index is 2.58. The number of hydrogen-bond donors (Lipinski definition) is 1. The number of carbonyl (C=O) groups is 1. The highest BCUT2D eigenvalue weighted by atomic mass is 32.1. The summed E-state index contributed by atoms with van der Waals surface area (Å²) >= 11 is 1.61. The zero-order chi connectivity index (χ0) is 15.3. The summed E-state index contributed by atoms with van der Waals surface area (Å²) in [7, 11) is 1.98. The van der Waals surface area contributed by atoms with Crippen molar-refractivity contribution in [2.75, 3.05) is 13.6 Å². The Morgan fingerprint density at radius 1 is 1.45 bits per heavy atom. The zero-order valence-electron chi connectivity index (χ0n) is 13.5. The smallest absolute Gasteiger partial charge is 0.237 e. The lowest BCUT2D eigenvalue weighted by Gasteiger charge is -2.24. The van der Waals surface area contributed by atoms with Crippen LogP contribution in [0.1, 0.15) is 51.7 Å². The van der Waals surface area contributed by atoms with Crippen molar-refractivity contribution in [2.24, 2.45) is 0 Å². The zero-order valence-corrected chi connectivity index (χ0v) is 14.3. The number of amides is 1. The Kier molecular flexibility index (Phi) is 6.14. The molecule has 0 aliphatic rings. The summed E-state index contributed by atoms with van der Waals surface area (Å²) in [6, 6.07) is -0.0537. The molecule has 0 bridgehead atoms. The summed E-state index contributed by atoms with van der Waals surface area (Å²) in [6.07, 6.45) is 0.821. The van der Waals surface area contributed by atoms with E-state index in [1.54, 1.807) is 11.3 Å². The van der Waals surface area contributed by atoms with Crippen molar-refractivity contribution in [3.8, 4) is 0 Å². The first-order valence-electron chi connectivity index (χ1n) is 7.22. The molecule has 20 heavy (non-hydrogen) atoms. The van der Waals surface area contributed by atoms with Crippen LogP contribution < -0.4 is 5.32 Å². The van der Waals surface area contributed by atoms with Crippen molar-refractivity contribution >= 4 is 17.2 Å². The number of carbonyl (C=O) groups excluding carboxylic acids is 1. The molecule has 1 unspecified atom stereocenters. The monoisotopic (exact) mass is 297 g/mol. The van der Waals surface area contributed by atoms with Gasteiger partial charge in [-0.05, 0) is 20.0 Å². The van der Waals surface area contributed by atoms with Crippen LogP contribution in [0.15, 0.2) is 5.38 Å². The van der Waals surface area contributed by atoms with Crippen LogP contribution in [0.3, 0.4) is 0 Å². The van der Waals surface area contributed by atoms with Gasteiger partial charge in [-0.3, -0.25) is 9.69 Å². The van der Waals surface area contributed by atoms with Crippen LogP contribution in [-0.4, -0.2) is 35.4 Å². The highest BCUT2D eigenvalue weighted by Crippen LogP contribution is 2.23. The molecule has 1 atom stereocenters. The fourth-order valence-electron chi connectivity index (χ4n) is 1.93. The molecule has 1 amide bonds. The fraction of sp³-hybridized carbons (Fsp3) is 0.733. The molecule has 1 aromatic heterocycles. The maximum atomic E-state index is 12.2. The Morgan fingerprint density at radius 3 is 2.55 bits per heavy atom. The molecule has 0 aromatic carbocycles. The van der Waals surface area contributed by atoms with E-state index in [0.717, 1.165) is 23.7 Å². The minimum Gasteiger partial charge on any atom is -0.348 e. The summed E-state index contributed by atoms with van der Waals surface area (Å²) in [5.41, 5.74) is 1.15. The lowest BCUT2D eigenvalue weighted by molar-refractivity contribution is -0.126. The van der Waals surface area contributed by atoms with E-state index >= 15 is 0 Å². The van der Waals surface area contributed by atoms with Crippen LogP contribution in [0.2, 0.25) is 0 Å². The predicted molar refractivity (Wildman–Crippen MR) is 85.0 cm³/mol. The highest BCUT2D eigenvalue weighted by Gasteiger charge is 2.21. The first-order chi connectivity index (χ1) is 9.29. The summed E-state index contributed by atoms with van der Waals surface area (Å²) in [5, 5.41) is 6.05.